The van der Waals surface area contributed by atoms with Gasteiger partial charge in [0.05, 0.1) is 11.5 Å². The number of aliphatic hydroxyl groups excluding tert-OH is 1. The standard InChI is InChI=1S/C14H15ClO4S/c15-11-1-2-13-10(6-11)7-14(19-13)12(16)5-9-3-4-20(17,18)8-9/h1-2,6-7,9,12,16H,3-5,8H2. The molecule has 0 bridgehead atoms. The lowest BCUT2D eigenvalue weighted by Gasteiger charge is -2.11. The number of rotatable bonds is 3. The Morgan fingerprint density at radius 2 is 2.20 bits per heavy atom. The van der Waals surface area contributed by atoms with Gasteiger partial charge in [-0.1, -0.05) is 11.6 Å². The number of halogens is 1. The minimum Gasteiger partial charge on any atom is -0.458 e. The molecule has 0 spiro atoms. The highest BCUT2D eigenvalue weighted by atomic mass is 35.5. The van der Waals surface area contributed by atoms with Crippen LogP contribution in [0.3, 0.4) is 0 Å². The average Bonchev–Trinajstić information content (AvgIpc) is 2.92. The van der Waals surface area contributed by atoms with Gasteiger partial charge in [-0.3, -0.25) is 0 Å². The third kappa shape index (κ3) is 2.85. The second-order valence-electron chi connectivity index (χ2n) is 5.35. The molecule has 2 unspecified atom stereocenters. The molecule has 1 aromatic carbocycles. The van der Waals surface area contributed by atoms with Crippen molar-refractivity contribution in [3.63, 3.8) is 0 Å². The van der Waals surface area contributed by atoms with Gasteiger partial charge in [0.25, 0.3) is 0 Å². The summed E-state index contributed by atoms with van der Waals surface area (Å²) in [6.07, 6.45) is 0.248. The molecule has 1 aliphatic heterocycles. The maximum atomic E-state index is 11.4. The Labute approximate surface area is 122 Å². The van der Waals surface area contributed by atoms with E-state index in [0.29, 0.717) is 29.2 Å². The lowest BCUT2D eigenvalue weighted by atomic mass is 10.00. The van der Waals surface area contributed by atoms with Gasteiger partial charge < -0.3 is 9.52 Å². The van der Waals surface area contributed by atoms with Crippen molar-refractivity contribution in [2.45, 2.75) is 18.9 Å². The van der Waals surface area contributed by atoms with Crippen molar-refractivity contribution in [1.82, 2.24) is 0 Å². The van der Waals surface area contributed by atoms with Crippen LogP contribution in [0.15, 0.2) is 28.7 Å². The summed E-state index contributed by atoms with van der Waals surface area (Å²) in [4.78, 5) is 0. The molecule has 2 heterocycles. The average molecular weight is 315 g/mol. The molecule has 4 nitrogen and oxygen atoms in total. The Hall–Kier alpha value is -1.04. The molecule has 1 aliphatic rings. The molecule has 0 radical (unpaired) electrons. The van der Waals surface area contributed by atoms with Crippen LogP contribution >= 0.6 is 11.6 Å². The first kappa shape index (κ1) is 13.9. The maximum Gasteiger partial charge on any atom is 0.150 e. The predicted molar refractivity (Wildman–Crippen MR) is 77.6 cm³/mol. The van der Waals surface area contributed by atoms with Crippen LogP contribution in [0.2, 0.25) is 5.02 Å². The van der Waals surface area contributed by atoms with E-state index in [1.165, 1.54) is 0 Å². The van der Waals surface area contributed by atoms with Crippen LogP contribution in [0.4, 0.5) is 0 Å². The number of benzene rings is 1. The Morgan fingerprint density at radius 3 is 2.90 bits per heavy atom. The van der Waals surface area contributed by atoms with Crippen molar-refractivity contribution >= 4 is 32.4 Å². The van der Waals surface area contributed by atoms with Crippen LogP contribution in [0.1, 0.15) is 24.7 Å². The van der Waals surface area contributed by atoms with E-state index in [-0.39, 0.29) is 17.4 Å². The maximum absolute atomic E-state index is 11.4. The summed E-state index contributed by atoms with van der Waals surface area (Å²) in [5, 5.41) is 11.7. The molecule has 1 saturated heterocycles. The van der Waals surface area contributed by atoms with Gasteiger partial charge in [-0.05, 0) is 43.0 Å². The largest absolute Gasteiger partial charge is 0.458 e. The predicted octanol–water partition coefficient (Wildman–Crippen LogP) is 2.94. The van der Waals surface area contributed by atoms with Gasteiger partial charge in [0.2, 0.25) is 0 Å². The highest BCUT2D eigenvalue weighted by molar-refractivity contribution is 7.91. The van der Waals surface area contributed by atoms with E-state index in [9.17, 15) is 13.5 Å². The van der Waals surface area contributed by atoms with Crippen LogP contribution in [0, 0.1) is 5.92 Å². The zero-order valence-electron chi connectivity index (χ0n) is 10.8. The van der Waals surface area contributed by atoms with Crippen molar-refractivity contribution in [3.05, 3.63) is 35.0 Å². The van der Waals surface area contributed by atoms with Gasteiger partial charge in [0.1, 0.15) is 17.4 Å². The molecular weight excluding hydrogens is 300 g/mol. The first-order chi connectivity index (χ1) is 9.43. The van der Waals surface area contributed by atoms with Crippen molar-refractivity contribution in [2.24, 2.45) is 5.92 Å². The summed E-state index contributed by atoms with van der Waals surface area (Å²) in [6, 6.07) is 7.02. The summed E-state index contributed by atoms with van der Waals surface area (Å²) in [6.45, 7) is 0. The second kappa shape index (κ2) is 5.06. The van der Waals surface area contributed by atoms with Gasteiger partial charge in [-0.2, -0.15) is 0 Å². The summed E-state index contributed by atoms with van der Waals surface area (Å²) in [7, 11) is -2.91. The molecule has 1 N–H and O–H groups in total. The summed E-state index contributed by atoms with van der Waals surface area (Å²) >= 11 is 5.91. The van der Waals surface area contributed by atoms with Crippen molar-refractivity contribution in [2.75, 3.05) is 11.5 Å². The second-order valence-corrected chi connectivity index (χ2v) is 8.02. The molecule has 0 aliphatic carbocycles. The van der Waals surface area contributed by atoms with E-state index in [2.05, 4.69) is 0 Å². The minimum atomic E-state index is -2.91. The van der Waals surface area contributed by atoms with Gasteiger partial charge in [0.15, 0.2) is 9.84 Å². The van der Waals surface area contributed by atoms with Crippen LogP contribution in [-0.4, -0.2) is 25.0 Å². The number of fused-ring (bicyclic) bond motifs is 1. The third-order valence-electron chi connectivity index (χ3n) is 3.71. The smallest absolute Gasteiger partial charge is 0.150 e. The highest BCUT2D eigenvalue weighted by Crippen LogP contribution is 2.32. The molecule has 6 heteroatoms. The molecule has 0 amide bonds. The summed E-state index contributed by atoms with van der Waals surface area (Å²) in [5.41, 5.74) is 0.669. The van der Waals surface area contributed by atoms with Gasteiger partial charge in [-0.25, -0.2) is 8.42 Å². The number of aliphatic hydroxyl groups is 1. The molecule has 108 valence electrons. The lowest BCUT2D eigenvalue weighted by molar-refractivity contribution is 0.126. The Morgan fingerprint density at radius 1 is 1.40 bits per heavy atom. The summed E-state index contributed by atoms with van der Waals surface area (Å²) in [5.74, 6) is 0.856. The van der Waals surface area contributed by atoms with Crippen molar-refractivity contribution in [3.8, 4) is 0 Å². The van der Waals surface area contributed by atoms with E-state index < -0.39 is 15.9 Å². The minimum absolute atomic E-state index is 0.00630. The monoisotopic (exact) mass is 314 g/mol. The zero-order valence-corrected chi connectivity index (χ0v) is 12.3. The summed E-state index contributed by atoms with van der Waals surface area (Å²) < 4.78 is 28.4. The highest BCUT2D eigenvalue weighted by Gasteiger charge is 2.30. The number of hydrogen-bond acceptors (Lipinski definition) is 4. The number of sulfone groups is 1. The van der Waals surface area contributed by atoms with Crippen LogP contribution in [-0.2, 0) is 9.84 Å². The first-order valence-corrected chi connectivity index (χ1v) is 8.70. The first-order valence-electron chi connectivity index (χ1n) is 6.50. The van der Waals surface area contributed by atoms with Crippen molar-refractivity contribution < 1.29 is 17.9 Å². The van der Waals surface area contributed by atoms with E-state index in [1.54, 1.807) is 24.3 Å². The third-order valence-corrected chi connectivity index (χ3v) is 5.78. The molecule has 20 heavy (non-hydrogen) atoms. The topological polar surface area (TPSA) is 67.5 Å². The fourth-order valence-electron chi connectivity index (χ4n) is 2.69. The van der Waals surface area contributed by atoms with E-state index in [1.807, 2.05) is 0 Å². The molecule has 3 rings (SSSR count). The van der Waals surface area contributed by atoms with Crippen LogP contribution in [0.25, 0.3) is 11.0 Å². The SMILES string of the molecule is O=S1(=O)CCC(CC(O)c2cc3cc(Cl)ccc3o2)C1. The number of hydrogen-bond donors (Lipinski definition) is 1. The van der Waals surface area contributed by atoms with Crippen LogP contribution in [0.5, 0.6) is 0 Å². The fourth-order valence-corrected chi connectivity index (χ4v) is 4.75. The normalized spacial score (nSPS) is 23.2. The van der Waals surface area contributed by atoms with Gasteiger partial charge in [0, 0.05) is 10.4 Å². The van der Waals surface area contributed by atoms with Gasteiger partial charge >= 0.3 is 0 Å². The van der Waals surface area contributed by atoms with Crippen molar-refractivity contribution in [1.29, 1.82) is 0 Å². The quantitative estimate of drug-likeness (QED) is 0.945. The molecule has 1 aromatic heterocycles. The van der Waals surface area contributed by atoms with E-state index in [4.69, 9.17) is 16.0 Å². The molecule has 0 saturated carbocycles. The Balaban J connectivity index is 1.77. The zero-order chi connectivity index (χ0) is 14.3. The number of furan rings is 1. The molecule has 1 fully saturated rings. The van der Waals surface area contributed by atoms with Crippen LogP contribution < -0.4 is 0 Å². The molecule has 2 aromatic rings. The van der Waals surface area contributed by atoms with E-state index in [0.717, 1.165) is 5.39 Å². The Kier molecular flexibility index (Phi) is 3.52. The van der Waals surface area contributed by atoms with Gasteiger partial charge in [-0.15, -0.1) is 0 Å². The fraction of sp³-hybridized carbons (Fsp3) is 0.429. The lowest BCUT2D eigenvalue weighted by Crippen LogP contribution is -2.09. The molecule has 2 atom stereocenters. The Bertz CT molecular complexity index is 735. The van der Waals surface area contributed by atoms with E-state index >= 15 is 0 Å². The molecular formula is C14H15ClO4S.